The highest BCUT2D eigenvalue weighted by atomic mass is 16.5. The molecule has 1 unspecified atom stereocenters. The van der Waals surface area contributed by atoms with Crippen molar-refractivity contribution in [3.8, 4) is 5.75 Å². The van der Waals surface area contributed by atoms with Crippen molar-refractivity contribution in [2.24, 2.45) is 0 Å². The number of benzene rings is 2. The van der Waals surface area contributed by atoms with Gasteiger partial charge in [0.2, 0.25) is 0 Å². The van der Waals surface area contributed by atoms with E-state index in [2.05, 4.69) is 0 Å². The van der Waals surface area contributed by atoms with E-state index in [9.17, 15) is 14.7 Å². The zero-order chi connectivity index (χ0) is 18.5. The third-order valence-corrected chi connectivity index (χ3v) is 4.29. The van der Waals surface area contributed by atoms with Crippen LogP contribution >= 0.6 is 0 Å². The molecule has 0 fully saturated rings. The number of para-hydroxylation sites is 1. The first kappa shape index (κ1) is 18.1. The molecule has 0 saturated carbocycles. The maximum atomic E-state index is 12.3. The Kier molecular flexibility index (Phi) is 5.65. The largest absolute Gasteiger partial charge is 0.491 e. The van der Waals surface area contributed by atoms with E-state index in [0.29, 0.717) is 30.0 Å². The lowest BCUT2D eigenvalue weighted by molar-refractivity contribution is 0.0592. The average molecular weight is 354 g/mol. The van der Waals surface area contributed by atoms with Crippen LogP contribution in [0.4, 0.5) is 0 Å². The van der Waals surface area contributed by atoms with Crippen molar-refractivity contribution in [2.45, 2.75) is 6.10 Å². The number of aliphatic hydroxyl groups excluding tert-OH is 1. The average Bonchev–Trinajstić information content (AvgIpc) is 2.90. The number of hydrogen-bond donors (Lipinski definition) is 1. The molecule has 1 heterocycles. The lowest BCUT2D eigenvalue weighted by atomic mass is 10.1. The molecule has 2 aromatic rings. The van der Waals surface area contributed by atoms with Gasteiger partial charge >= 0.3 is 0 Å². The number of imide groups is 1. The van der Waals surface area contributed by atoms with Crippen LogP contribution in [0.3, 0.4) is 0 Å². The fourth-order valence-electron chi connectivity index (χ4n) is 2.93. The number of likely N-dealkylation sites (N-methyl/N-ethyl adjacent to an activating group) is 1. The van der Waals surface area contributed by atoms with Crippen LogP contribution in [0.1, 0.15) is 20.7 Å². The monoisotopic (exact) mass is 354 g/mol. The van der Waals surface area contributed by atoms with E-state index < -0.39 is 6.10 Å². The highest BCUT2D eigenvalue weighted by Gasteiger charge is 2.34. The van der Waals surface area contributed by atoms with Crippen molar-refractivity contribution in [1.29, 1.82) is 0 Å². The SMILES string of the molecule is CN(CCN1C(=O)c2ccccc2C1=O)CC(O)COc1ccccc1. The van der Waals surface area contributed by atoms with Crippen LogP contribution in [-0.4, -0.2) is 66.1 Å². The number of amides is 2. The van der Waals surface area contributed by atoms with Crippen LogP contribution < -0.4 is 4.74 Å². The first-order valence-corrected chi connectivity index (χ1v) is 8.56. The van der Waals surface area contributed by atoms with Crippen molar-refractivity contribution >= 4 is 11.8 Å². The number of carbonyl (C=O) groups excluding carboxylic acids is 2. The third kappa shape index (κ3) is 4.09. The molecular formula is C20H22N2O4. The van der Waals surface area contributed by atoms with E-state index in [1.54, 1.807) is 24.3 Å². The predicted octanol–water partition coefficient (Wildman–Crippen LogP) is 1.65. The summed E-state index contributed by atoms with van der Waals surface area (Å²) in [5.74, 6) is 0.194. The Morgan fingerprint density at radius 1 is 1.00 bits per heavy atom. The fourth-order valence-corrected chi connectivity index (χ4v) is 2.93. The summed E-state index contributed by atoms with van der Waals surface area (Å²) in [6.45, 7) is 1.33. The van der Waals surface area contributed by atoms with Gasteiger partial charge in [0.15, 0.2) is 0 Å². The van der Waals surface area contributed by atoms with Gasteiger partial charge in [0.1, 0.15) is 18.5 Å². The third-order valence-electron chi connectivity index (χ3n) is 4.29. The number of rotatable bonds is 8. The molecule has 0 aromatic heterocycles. The summed E-state index contributed by atoms with van der Waals surface area (Å²) >= 11 is 0. The lowest BCUT2D eigenvalue weighted by Gasteiger charge is -2.23. The molecule has 1 aliphatic heterocycles. The van der Waals surface area contributed by atoms with Crippen molar-refractivity contribution in [2.75, 3.05) is 33.3 Å². The minimum atomic E-state index is -0.664. The van der Waals surface area contributed by atoms with E-state index in [-0.39, 0.29) is 25.0 Å². The van der Waals surface area contributed by atoms with Gasteiger partial charge in [0.05, 0.1) is 11.1 Å². The van der Waals surface area contributed by atoms with E-state index in [1.165, 1.54) is 4.90 Å². The van der Waals surface area contributed by atoms with Crippen molar-refractivity contribution in [1.82, 2.24) is 9.80 Å². The number of carbonyl (C=O) groups is 2. The molecule has 0 saturated heterocycles. The van der Waals surface area contributed by atoms with Crippen LogP contribution in [0, 0.1) is 0 Å². The molecule has 2 aromatic carbocycles. The summed E-state index contributed by atoms with van der Waals surface area (Å²) in [6, 6.07) is 16.2. The molecule has 0 aliphatic carbocycles. The van der Waals surface area contributed by atoms with Crippen molar-refractivity contribution in [3.05, 3.63) is 65.7 Å². The van der Waals surface area contributed by atoms with Crippen molar-refractivity contribution < 1.29 is 19.4 Å². The topological polar surface area (TPSA) is 70.1 Å². The van der Waals surface area contributed by atoms with Crippen LogP contribution in [0.15, 0.2) is 54.6 Å². The Hall–Kier alpha value is -2.70. The summed E-state index contributed by atoms with van der Waals surface area (Å²) < 4.78 is 5.53. The Morgan fingerprint density at radius 2 is 1.58 bits per heavy atom. The van der Waals surface area contributed by atoms with Gasteiger partial charge in [-0.1, -0.05) is 30.3 Å². The molecule has 6 heteroatoms. The summed E-state index contributed by atoms with van der Waals surface area (Å²) in [7, 11) is 1.84. The normalized spacial score (nSPS) is 14.7. The molecular weight excluding hydrogens is 332 g/mol. The Balaban J connectivity index is 1.45. The molecule has 3 rings (SSSR count). The Labute approximate surface area is 152 Å². The summed E-state index contributed by atoms with van der Waals surface area (Å²) in [5.41, 5.74) is 0.910. The fraction of sp³-hybridized carbons (Fsp3) is 0.300. The van der Waals surface area contributed by atoms with E-state index in [0.717, 1.165) is 0 Å². The molecule has 26 heavy (non-hydrogen) atoms. The zero-order valence-electron chi connectivity index (χ0n) is 14.7. The minimum Gasteiger partial charge on any atom is -0.491 e. The molecule has 1 aliphatic rings. The maximum absolute atomic E-state index is 12.3. The smallest absolute Gasteiger partial charge is 0.261 e. The second-order valence-electron chi connectivity index (χ2n) is 6.35. The molecule has 0 bridgehead atoms. The first-order valence-electron chi connectivity index (χ1n) is 8.56. The van der Waals surface area contributed by atoms with Crippen LogP contribution in [-0.2, 0) is 0 Å². The lowest BCUT2D eigenvalue weighted by Crippen LogP contribution is -2.40. The number of nitrogens with zero attached hydrogens (tertiary/aromatic N) is 2. The summed E-state index contributed by atoms with van der Waals surface area (Å²) in [4.78, 5) is 27.8. The Bertz CT molecular complexity index is 743. The summed E-state index contributed by atoms with van der Waals surface area (Å²) in [6.07, 6.45) is -0.664. The van der Waals surface area contributed by atoms with Gasteiger partial charge in [0.25, 0.3) is 11.8 Å². The van der Waals surface area contributed by atoms with E-state index >= 15 is 0 Å². The van der Waals surface area contributed by atoms with E-state index in [4.69, 9.17) is 4.74 Å². The van der Waals surface area contributed by atoms with Crippen molar-refractivity contribution in [3.63, 3.8) is 0 Å². The molecule has 0 spiro atoms. The zero-order valence-corrected chi connectivity index (χ0v) is 14.7. The highest BCUT2D eigenvalue weighted by Crippen LogP contribution is 2.22. The standard InChI is InChI=1S/C20H22N2O4/c1-21(13-15(23)14-26-16-7-3-2-4-8-16)11-12-22-19(24)17-9-5-6-10-18(17)20(22)25/h2-10,15,23H,11-14H2,1H3. The second-order valence-corrected chi connectivity index (χ2v) is 6.35. The van der Waals surface area contributed by atoms with Crippen LogP contribution in [0.2, 0.25) is 0 Å². The summed E-state index contributed by atoms with van der Waals surface area (Å²) in [5, 5.41) is 10.1. The number of aliphatic hydroxyl groups is 1. The predicted molar refractivity (Wildman–Crippen MR) is 97.2 cm³/mol. The molecule has 1 N–H and O–H groups in total. The molecule has 0 radical (unpaired) electrons. The number of hydrogen-bond acceptors (Lipinski definition) is 5. The van der Waals surface area contributed by atoms with E-state index in [1.807, 2.05) is 42.3 Å². The Morgan fingerprint density at radius 3 is 2.19 bits per heavy atom. The molecule has 2 amide bonds. The molecule has 1 atom stereocenters. The van der Waals surface area contributed by atoms with Crippen LogP contribution in [0.5, 0.6) is 5.75 Å². The van der Waals surface area contributed by atoms with Gasteiger partial charge in [-0.3, -0.25) is 14.5 Å². The second kappa shape index (κ2) is 8.12. The number of fused-ring (bicyclic) bond motifs is 1. The molecule has 6 nitrogen and oxygen atoms in total. The van der Waals surface area contributed by atoms with Crippen LogP contribution in [0.25, 0.3) is 0 Å². The minimum absolute atomic E-state index is 0.182. The van der Waals surface area contributed by atoms with Gasteiger partial charge in [-0.2, -0.15) is 0 Å². The quantitative estimate of drug-likeness (QED) is 0.730. The maximum Gasteiger partial charge on any atom is 0.261 e. The van der Waals surface area contributed by atoms with Gasteiger partial charge in [-0.05, 0) is 31.3 Å². The van der Waals surface area contributed by atoms with Gasteiger partial charge in [0, 0.05) is 19.6 Å². The van der Waals surface area contributed by atoms with Gasteiger partial charge < -0.3 is 14.7 Å². The molecule has 136 valence electrons. The van der Waals surface area contributed by atoms with Gasteiger partial charge in [-0.15, -0.1) is 0 Å². The highest BCUT2D eigenvalue weighted by molar-refractivity contribution is 6.21. The van der Waals surface area contributed by atoms with Gasteiger partial charge in [-0.25, -0.2) is 0 Å². The first-order chi connectivity index (χ1) is 12.6. The number of ether oxygens (including phenoxy) is 1.